The fraction of sp³-hybridized carbons (Fsp3) is 0.462. The molecule has 0 unspecified atom stereocenters. The third-order valence-electron chi connectivity index (χ3n) is 2.25. The fourth-order valence-electron chi connectivity index (χ4n) is 1.46. The maximum atomic E-state index is 11.6. The number of amides is 1. The molecule has 1 amide bonds. The molecule has 0 heterocycles. The third kappa shape index (κ3) is 5.74. The van der Waals surface area contributed by atoms with Gasteiger partial charge in [-0.25, -0.2) is 8.42 Å². The maximum Gasteiger partial charge on any atom is 0.239 e. The van der Waals surface area contributed by atoms with Crippen LogP contribution in [0.5, 0.6) is 0 Å². The lowest BCUT2D eigenvalue weighted by Crippen LogP contribution is -2.43. The molecule has 0 radical (unpaired) electrons. The molecule has 0 aliphatic carbocycles. The zero-order chi connectivity index (χ0) is 14.7. The molecule has 19 heavy (non-hydrogen) atoms. The Morgan fingerprint density at radius 3 is 2.11 bits per heavy atom. The lowest BCUT2D eigenvalue weighted by Gasteiger charge is -2.20. The van der Waals surface area contributed by atoms with E-state index in [2.05, 4.69) is 10.6 Å². The van der Waals surface area contributed by atoms with Crippen LogP contribution in [0.3, 0.4) is 0 Å². The Labute approximate surface area is 114 Å². The first-order valence-electron chi connectivity index (χ1n) is 5.93. The van der Waals surface area contributed by atoms with Crippen molar-refractivity contribution >= 4 is 21.4 Å². The summed E-state index contributed by atoms with van der Waals surface area (Å²) >= 11 is 0. The van der Waals surface area contributed by atoms with Crippen molar-refractivity contribution in [2.45, 2.75) is 31.2 Å². The van der Waals surface area contributed by atoms with Crippen LogP contribution < -0.4 is 10.6 Å². The first-order chi connectivity index (χ1) is 8.58. The molecule has 0 atom stereocenters. The van der Waals surface area contributed by atoms with E-state index < -0.39 is 9.84 Å². The minimum Gasteiger partial charge on any atom is -0.376 e. The summed E-state index contributed by atoms with van der Waals surface area (Å²) in [5.74, 6) is -0.111. The van der Waals surface area contributed by atoms with Gasteiger partial charge in [0, 0.05) is 17.5 Å². The van der Waals surface area contributed by atoms with Gasteiger partial charge in [-0.3, -0.25) is 4.79 Å². The Bertz CT molecular complexity index is 542. The molecule has 106 valence electrons. The van der Waals surface area contributed by atoms with Gasteiger partial charge in [0.1, 0.15) is 0 Å². The van der Waals surface area contributed by atoms with E-state index >= 15 is 0 Å². The Morgan fingerprint density at radius 1 is 1.16 bits per heavy atom. The van der Waals surface area contributed by atoms with Crippen molar-refractivity contribution in [1.82, 2.24) is 5.32 Å². The van der Waals surface area contributed by atoms with E-state index in [-0.39, 0.29) is 22.9 Å². The van der Waals surface area contributed by atoms with Crippen molar-refractivity contribution in [2.75, 3.05) is 18.1 Å². The van der Waals surface area contributed by atoms with Gasteiger partial charge in [0.05, 0.1) is 11.4 Å². The van der Waals surface area contributed by atoms with Crippen LogP contribution in [0.2, 0.25) is 0 Å². The largest absolute Gasteiger partial charge is 0.376 e. The molecular weight excluding hydrogens is 264 g/mol. The molecule has 0 spiro atoms. The van der Waals surface area contributed by atoms with Crippen molar-refractivity contribution in [1.29, 1.82) is 0 Å². The van der Waals surface area contributed by atoms with E-state index in [9.17, 15) is 13.2 Å². The number of hydrogen-bond acceptors (Lipinski definition) is 4. The van der Waals surface area contributed by atoms with Crippen LogP contribution in [0.1, 0.15) is 20.8 Å². The Balaban J connectivity index is 2.58. The van der Waals surface area contributed by atoms with Crippen molar-refractivity contribution in [3.8, 4) is 0 Å². The van der Waals surface area contributed by atoms with E-state index in [1.165, 1.54) is 12.1 Å². The van der Waals surface area contributed by atoms with E-state index in [4.69, 9.17) is 0 Å². The number of carbonyl (C=O) groups excluding carboxylic acids is 1. The van der Waals surface area contributed by atoms with Crippen molar-refractivity contribution in [2.24, 2.45) is 0 Å². The summed E-state index contributed by atoms with van der Waals surface area (Å²) < 4.78 is 22.6. The monoisotopic (exact) mass is 284 g/mol. The summed E-state index contributed by atoms with van der Waals surface area (Å²) in [5.41, 5.74) is 0.440. The zero-order valence-electron chi connectivity index (χ0n) is 11.6. The molecule has 5 nitrogen and oxygen atoms in total. The molecule has 0 fully saturated rings. The fourth-order valence-corrected chi connectivity index (χ4v) is 2.10. The van der Waals surface area contributed by atoms with Gasteiger partial charge in [0.2, 0.25) is 5.91 Å². The minimum atomic E-state index is -3.18. The van der Waals surface area contributed by atoms with Crippen LogP contribution >= 0.6 is 0 Å². The highest BCUT2D eigenvalue weighted by Crippen LogP contribution is 2.13. The highest BCUT2D eigenvalue weighted by molar-refractivity contribution is 7.90. The average molecular weight is 284 g/mol. The summed E-state index contributed by atoms with van der Waals surface area (Å²) in [7, 11) is -3.18. The number of sulfone groups is 1. The molecule has 0 aliphatic heterocycles. The van der Waals surface area contributed by atoms with Gasteiger partial charge in [-0.1, -0.05) is 0 Å². The van der Waals surface area contributed by atoms with Crippen molar-refractivity contribution in [3.63, 3.8) is 0 Å². The number of rotatable bonds is 4. The van der Waals surface area contributed by atoms with E-state index in [1.807, 2.05) is 20.8 Å². The molecule has 1 aromatic carbocycles. The molecule has 0 aliphatic rings. The Morgan fingerprint density at radius 2 is 1.68 bits per heavy atom. The standard InChI is InChI=1S/C13H20N2O3S/c1-13(2,3)15-12(16)9-14-10-5-7-11(8-6-10)19(4,17)18/h5-8,14H,9H2,1-4H3,(H,15,16). The SMILES string of the molecule is CC(C)(C)NC(=O)CNc1ccc(S(C)(=O)=O)cc1. The van der Waals surface area contributed by atoms with Crippen LogP contribution in [0.15, 0.2) is 29.2 Å². The molecule has 0 saturated heterocycles. The summed E-state index contributed by atoms with van der Waals surface area (Å²) in [6, 6.07) is 6.31. The number of anilines is 1. The summed E-state index contributed by atoms with van der Waals surface area (Å²) in [4.78, 5) is 11.8. The van der Waals surface area contributed by atoms with Crippen molar-refractivity contribution in [3.05, 3.63) is 24.3 Å². The molecular formula is C13H20N2O3S. The second-order valence-electron chi connectivity index (χ2n) is 5.45. The van der Waals surface area contributed by atoms with E-state index in [0.29, 0.717) is 5.69 Å². The Kier molecular flexibility index (Phi) is 4.57. The molecule has 1 aromatic rings. The van der Waals surface area contributed by atoms with E-state index in [0.717, 1.165) is 6.26 Å². The molecule has 2 N–H and O–H groups in total. The number of carbonyl (C=O) groups is 1. The van der Waals surface area contributed by atoms with Crippen LogP contribution in [0.25, 0.3) is 0 Å². The van der Waals surface area contributed by atoms with Crippen LogP contribution in [-0.4, -0.2) is 32.7 Å². The minimum absolute atomic E-state index is 0.111. The van der Waals surface area contributed by atoms with Crippen LogP contribution in [-0.2, 0) is 14.6 Å². The van der Waals surface area contributed by atoms with E-state index in [1.54, 1.807) is 12.1 Å². The highest BCUT2D eigenvalue weighted by Gasteiger charge is 2.13. The number of nitrogens with one attached hydrogen (secondary N) is 2. The van der Waals surface area contributed by atoms with Crippen molar-refractivity contribution < 1.29 is 13.2 Å². The molecule has 0 bridgehead atoms. The van der Waals surface area contributed by atoms with Crippen LogP contribution in [0, 0.1) is 0 Å². The third-order valence-corrected chi connectivity index (χ3v) is 3.38. The van der Waals surface area contributed by atoms with Gasteiger partial charge in [-0.15, -0.1) is 0 Å². The van der Waals surface area contributed by atoms with Crippen LogP contribution in [0.4, 0.5) is 5.69 Å². The topological polar surface area (TPSA) is 75.3 Å². The van der Waals surface area contributed by atoms with Gasteiger partial charge >= 0.3 is 0 Å². The summed E-state index contributed by atoms with van der Waals surface area (Å²) in [6.07, 6.45) is 1.16. The normalized spacial score (nSPS) is 12.0. The van der Waals surface area contributed by atoms with Gasteiger partial charge in [0.15, 0.2) is 9.84 Å². The predicted molar refractivity (Wildman–Crippen MR) is 75.9 cm³/mol. The molecule has 6 heteroatoms. The first kappa shape index (κ1) is 15.5. The lowest BCUT2D eigenvalue weighted by molar-refractivity contribution is -0.120. The summed E-state index contributed by atoms with van der Waals surface area (Å²) in [5, 5.41) is 5.77. The number of benzene rings is 1. The van der Waals surface area contributed by atoms with Gasteiger partial charge in [-0.2, -0.15) is 0 Å². The van der Waals surface area contributed by atoms with Gasteiger partial charge < -0.3 is 10.6 Å². The predicted octanol–water partition coefficient (Wildman–Crippen LogP) is 1.42. The highest BCUT2D eigenvalue weighted by atomic mass is 32.2. The molecule has 1 rings (SSSR count). The van der Waals surface area contributed by atoms with Gasteiger partial charge in [-0.05, 0) is 45.0 Å². The summed E-state index contributed by atoms with van der Waals surface area (Å²) in [6.45, 7) is 5.87. The lowest BCUT2D eigenvalue weighted by atomic mass is 10.1. The molecule has 0 saturated carbocycles. The quantitative estimate of drug-likeness (QED) is 0.876. The average Bonchev–Trinajstić information content (AvgIpc) is 2.23. The second-order valence-corrected chi connectivity index (χ2v) is 7.46. The Hall–Kier alpha value is -1.56. The smallest absolute Gasteiger partial charge is 0.239 e. The first-order valence-corrected chi connectivity index (χ1v) is 7.82. The second kappa shape index (κ2) is 5.61. The van der Waals surface area contributed by atoms with Gasteiger partial charge in [0.25, 0.3) is 0 Å². The maximum absolute atomic E-state index is 11.6. The zero-order valence-corrected chi connectivity index (χ0v) is 12.5. The number of hydrogen-bond donors (Lipinski definition) is 2. The molecule has 0 aromatic heterocycles.